The molecule has 126 valence electrons. The van der Waals surface area contributed by atoms with Gasteiger partial charge in [-0.05, 0) is 47.9 Å². The second kappa shape index (κ2) is 10.5. The van der Waals surface area contributed by atoms with Crippen molar-refractivity contribution in [1.82, 2.24) is 0 Å². The lowest BCUT2D eigenvalue weighted by molar-refractivity contribution is 0.795. The van der Waals surface area contributed by atoms with Crippen LogP contribution in [0.5, 0.6) is 0 Å². The number of aryl methyl sites for hydroxylation is 2. The van der Waals surface area contributed by atoms with Crippen LogP contribution in [0.4, 0.5) is 0 Å². The summed E-state index contributed by atoms with van der Waals surface area (Å²) in [5, 5.41) is 8.29. The molecule has 2 aromatic carbocycles. The molecule has 0 bridgehead atoms. The van der Waals surface area contributed by atoms with E-state index in [1.807, 2.05) is 0 Å². The molecule has 0 saturated heterocycles. The molecular formula is C22H28N2. The number of benzene rings is 2. The molecule has 0 N–H and O–H groups in total. The first kappa shape index (κ1) is 18.1. The lowest BCUT2D eigenvalue weighted by Crippen LogP contribution is -1.87. The molecule has 0 atom stereocenters. The van der Waals surface area contributed by atoms with E-state index in [0.717, 1.165) is 24.0 Å². The third-order valence-corrected chi connectivity index (χ3v) is 4.08. The Labute approximate surface area is 146 Å². The van der Waals surface area contributed by atoms with Crippen LogP contribution >= 0.6 is 0 Å². The van der Waals surface area contributed by atoms with Crippen molar-refractivity contribution in [3.05, 3.63) is 70.8 Å². The van der Waals surface area contributed by atoms with E-state index in [-0.39, 0.29) is 0 Å². The first-order chi connectivity index (χ1) is 11.8. The van der Waals surface area contributed by atoms with Gasteiger partial charge < -0.3 is 0 Å². The number of hydrogen-bond donors (Lipinski definition) is 0. The Morgan fingerprint density at radius 3 is 1.33 bits per heavy atom. The molecule has 0 aromatic heterocycles. The van der Waals surface area contributed by atoms with E-state index in [2.05, 4.69) is 72.6 Å². The van der Waals surface area contributed by atoms with Crippen LogP contribution < -0.4 is 0 Å². The molecule has 0 aliphatic carbocycles. The minimum atomic E-state index is 1.09. The zero-order valence-corrected chi connectivity index (χ0v) is 14.9. The Morgan fingerprint density at radius 2 is 1.00 bits per heavy atom. The topological polar surface area (TPSA) is 24.7 Å². The molecule has 0 aliphatic heterocycles. The van der Waals surface area contributed by atoms with E-state index < -0.39 is 0 Å². The maximum Gasteiger partial charge on any atom is 0.0568 e. The molecule has 2 aromatic rings. The van der Waals surface area contributed by atoms with Crippen molar-refractivity contribution in [3.8, 4) is 0 Å². The molecular weight excluding hydrogens is 292 g/mol. The predicted molar refractivity (Wildman–Crippen MR) is 105 cm³/mol. The first-order valence-corrected chi connectivity index (χ1v) is 9.06. The summed E-state index contributed by atoms with van der Waals surface area (Å²) in [7, 11) is 0. The Hall–Kier alpha value is -2.22. The molecule has 2 heteroatoms. The monoisotopic (exact) mass is 320 g/mol. The van der Waals surface area contributed by atoms with Crippen molar-refractivity contribution in [2.24, 2.45) is 10.2 Å². The summed E-state index contributed by atoms with van der Waals surface area (Å²) in [6.45, 7) is 4.44. The van der Waals surface area contributed by atoms with Crippen LogP contribution in [-0.2, 0) is 12.8 Å². The second-order valence-electron chi connectivity index (χ2n) is 6.18. The van der Waals surface area contributed by atoms with E-state index in [0.29, 0.717) is 0 Å². The Kier molecular flexibility index (Phi) is 7.96. The second-order valence-corrected chi connectivity index (χ2v) is 6.18. The summed E-state index contributed by atoms with van der Waals surface area (Å²) in [5.74, 6) is 0. The van der Waals surface area contributed by atoms with Crippen LogP contribution in [0, 0.1) is 0 Å². The Balaban J connectivity index is 1.85. The fourth-order valence-corrected chi connectivity index (χ4v) is 2.50. The van der Waals surface area contributed by atoms with Gasteiger partial charge in [-0.2, -0.15) is 10.2 Å². The summed E-state index contributed by atoms with van der Waals surface area (Å²) < 4.78 is 0. The number of nitrogens with zero attached hydrogens (tertiary/aromatic N) is 2. The molecule has 0 heterocycles. The van der Waals surface area contributed by atoms with Gasteiger partial charge in [-0.15, -0.1) is 0 Å². The van der Waals surface area contributed by atoms with Gasteiger partial charge in [0, 0.05) is 0 Å². The van der Waals surface area contributed by atoms with E-state index in [9.17, 15) is 0 Å². The van der Waals surface area contributed by atoms with Crippen molar-refractivity contribution in [3.63, 3.8) is 0 Å². The summed E-state index contributed by atoms with van der Waals surface area (Å²) in [6.07, 6.45) is 10.9. The molecule has 0 amide bonds. The Morgan fingerprint density at radius 1 is 0.625 bits per heavy atom. The van der Waals surface area contributed by atoms with Gasteiger partial charge in [0.25, 0.3) is 0 Å². The summed E-state index contributed by atoms with van der Waals surface area (Å²) in [6, 6.07) is 17.1. The van der Waals surface area contributed by atoms with Crippen LogP contribution in [0.15, 0.2) is 58.7 Å². The smallest absolute Gasteiger partial charge is 0.0568 e. The maximum absolute atomic E-state index is 4.15. The molecule has 0 radical (unpaired) electrons. The van der Waals surface area contributed by atoms with Crippen molar-refractivity contribution in [2.75, 3.05) is 0 Å². The van der Waals surface area contributed by atoms with E-state index >= 15 is 0 Å². The third kappa shape index (κ3) is 6.49. The van der Waals surface area contributed by atoms with Gasteiger partial charge >= 0.3 is 0 Å². The average molecular weight is 320 g/mol. The summed E-state index contributed by atoms with van der Waals surface area (Å²) in [4.78, 5) is 0. The van der Waals surface area contributed by atoms with E-state index in [1.165, 1.54) is 36.8 Å². The largest absolute Gasteiger partial charge is 0.159 e. The van der Waals surface area contributed by atoms with Gasteiger partial charge in [0.05, 0.1) is 12.4 Å². The van der Waals surface area contributed by atoms with Gasteiger partial charge in [0.1, 0.15) is 0 Å². The number of rotatable bonds is 9. The standard InChI is InChI=1S/C22H28N2/c1-3-5-7-19-9-13-21(14-10-19)17-23-24-18-22-15-11-20(12-16-22)8-6-4-2/h9-18H,3-8H2,1-2H3. The van der Waals surface area contributed by atoms with Crippen molar-refractivity contribution in [2.45, 2.75) is 52.4 Å². The highest BCUT2D eigenvalue weighted by molar-refractivity contribution is 5.82. The normalized spacial score (nSPS) is 11.6. The van der Waals surface area contributed by atoms with Crippen molar-refractivity contribution < 1.29 is 0 Å². The molecule has 0 unspecified atom stereocenters. The minimum absolute atomic E-state index is 1.09. The SMILES string of the molecule is CCCCc1ccc(C=NN=Cc2ccc(CCCC)cc2)cc1. The lowest BCUT2D eigenvalue weighted by Gasteiger charge is -2.00. The molecule has 0 aliphatic rings. The quantitative estimate of drug-likeness (QED) is 0.410. The zero-order chi connectivity index (χ0) is 17.0. The number of hydrogen-bond acceptors (Lipinski definition) is 2. The van der Waals surface area contributed by atoms with E-state index in [4.69, 9.17) is 0 Å². The van der Waals surface area contributed by atoms with Crippen LogP contribution in [0.1, 0.15) is 61.8 Å². The fraction of sp³-hybridized carbons (Fsp3) is 0.364. The highest BCUT2D eigenvalue weighted by atomic mass is 15.2. The predicted octanol–water partition coefficient (Wildman–Crippen LogP) is 5.82. The van der Waals surface area contributed by atoms with Gasteiger partial charge in [-0.25, -0.2) is 0 Å². The van der Waals surface area contributed by atoms with Crippen LogP contribution in [0.2, 0.25) is 0 Å². The molecule has 2 nitrogen and oxygen atoms in total. The van der Waals surface area contributed by atoms with Gasteiger partial charge in [0.2, 0.25) is 0 Å². The lowest BCUT2D eigenvalue weighted by atomic mass is 10.1. The van der Waals surface area contributed by atoms with Gasteiger partial charge in [0.15, 0.2) is 0 Å². The third-order valence-electron chi connectivity index (χ3n) is 4.08. The van der Waals surface area contributed by atoms with Crippen LogP contribution in [0.3, 0.4) is 0 Å². The maximum atomic E-state index is 4.15. The zero-order valence-electron chi connectivity index (χ0n) is 14.9. The molecule has 24 heavy (non-hydrogen) atoms. The van der Waals surface area contributed by atoms with Crippen molar-refractivity contribution in [1.29, 1.82) is 0 Å². The average Bonchev–Trinajstić information content (AvgIpc) is 2.64. The number of unbranched alkanes of at least 4 members (excludes halogenated alkanes) is 2. The minimum Gasteiger partial charge on any atom is -0.159 e. The Bertz CT molecular complexity index is 577. The summed E-state index contributed by atoms with van der Waals surface area (Å²) >= 11 is 0. The van der Waals surface area contributed by atoms with Gasteiger partial charge in [-0.3, -0.25) is 0 Å². The molecule has 0 saturated carbocycles. The highest BCUT2D eigenvalue weighted by Crippen LogP contribution is 2.08. The molecule has 0 fully saturated rings. The first-order valence-electron chi connectivity index (χ1n) is 9.06. The van der Waals surface area contributed by atoms with E-state index in [1.54, 1.807) is 12.4 Å². The fourth-order valence-electron chi connectivity index (χ4n) is 2.50. The highest BCUT2D eigenvalue weighted by Gasteiger charge is 1.94. The van der Waals surface area contributed by atoms with Crippen LogP contribution in [0.25, 0.3) is 0 Å². The van der Waals surface area contributed by atoms with Crippen LogP contribution in [-0.4, -0.2) is 12.4 Å². The molecule has 0 spiro atoms. The summed E-state index contributed by atoms with van der Waals surface area (Å²) in [5.41, 5.74) is 4.95. The van der Waals surface area contributed by atoms with Crippen molar-refractivity contribution >= 4 is 12.4 Å². The van der Waals surface area contributed by atoms with Gasteiger partial charge in [-0.1, -0.05) is 75.2 Å². The molecule has 2 rings (SSSR count).